The van der Waals surface area contributed by atoms with E-state index in [4.69, 9.17) is 0 Å². The number of carbonyl (C=O) groups excluding carboxylic acids is 2. The second-order valence-electron chi connectivity index (χ2n) is 9.16. The number of nitrogens with zero attached hydrogens (tertiary/aromatic N) is 2. The lowest BCUT2D eigenvalue weighted by Gasteiger charge is -2.47. The van der Waals surface area contributed by atoms with E-state index in [1.165, 1.54) is 0 Å². The first-order valence-corrected chi connectivity index (χ1v) is 12.0. The molecule has 36 heavy (non-hydrogen) atoms. The van der Waals surface area contributed by atoms with Crippen LogP contribution in [0.4, 0.5) is 9.59 Å². The summed E-state index contributed by atoms with van der Waals surface area (Å²) in [6.45, 7) is 0.660. The van der Waals surface area contributed by atoms with Crippen LogP contribution in [0, 0.1) is 0 Å². The predicted molar refractivity (Wildman–Crippen MR) is 137 cm³/mol. The van der Waals surface area contributed by atoms with Gasteiger partial charge in [-0.1, -0.05) is 121 Å². The van der Waals surface area contributed by atoms with E-state index in [0.717, 1.165) is 22.3 Å². The van der Waals surface area contributed by atoms with E-state index < -0.39 is 11.3 Å². The molecule has 0 radical (unpaired) electrons. The summed E-state index contributed by atoms with van der Waals surface area (Å²) in [5.41, 5.74) is 1.23. The normalized spacial score (nSPS) is 22.8. The third-order valence-corrected chi connectivity index (χ3v) is 7.13. The maximum absolute atomic E-state index is 13.9. The van der Waals surface area contributed by atoms with Gasteiger partial charge in [-0.2, -0.15) is 0 Å². The zero-order valence-electron chi connectivity index (χ0n) is 19.7. The van der Waals surface area contributed by atoms with E-state index in [-0.39, 0.29) is 12.1 Å². The number of nitrogens with one attached hydrogen (secondary N) is 2. The lowest BCUT2D eigenvalue weighted by atomic mass is 9.81. The third-order valence-electron chi connectivity index (χ3n) is 7.13. The average molecular weight is 475 g/mol. The summed E-state index contributed by atoms with van der Waals surface area (Å²) >= 11 is 0. The molecule has 2 aliphatic heterocycles. The molecule has 2 aliphatic rings. The van der Waals surface area contributed by atoms with Gasteiger partial charge in [-0.15, -0.1) is 0 Å². The number of amides is 4. The Kier molecular flexibility index (Phi) is 5.22. The van der Waals surface area contributed by atoms with Crippen LogP contribution in [0.2, 0.25) is 0 Å². The van der Waals surface area contributed by atoms with E-state index in [2.05, 4.69) is 10.6 Å². The van der Waals surface area contributed by atoms with E-state index in [9.17, 15) is 9.59 Å². The summed E-state index contributed by atoms with van der Waals surface area (Å²) in [5, 5.41) is 6.43. The molecule has 2 saturated heterocycles. The summed E-state index contributed by atoms with van der Waals surface area (Å²) in [5.74, 6) is 0. The quantitative estimate of drug-likeness (QED) is 0.406. The molecule has 6 heteroatoms. The van der Waals surface area contributed by atoms with Crippen LogP contribution in [0.3, 0.4) is 0 Å². The molecule has 178 valence electrons. The average Bonchev–Trinajstić information content (AvgIpc) is 3.32. The van der Waals surface area contributed by atoms with Crippen molar-refractivity contribution in [1.82, 2.24) is 20.4 Å². The van der Waals surface area contributed by atoms with E-state index >= 15 is 0 Å². The third kappa shape index (κ3) is 3.18. The SMILES string of the molecule is O=C1NC2(c3ccccc3)NC(=O)N(Cc3ccccc3)C2(c2ccccc2)N1Cc1ccccc1. The molecule has 4 aromatic rings. The van der Waals surface area contributed by atoms with Gasteiger partial charge < -0.3 is 10.6 Å². The fraction of sp³-hybridized carbons (Fsp3) is 0.133. The molecule has 2 N–H and O–H groups in total. The monoisotopic (exact) mass is 474 g/mol. The van der Waals surface area contributed by atoms with Crippen LogP contribution in [0.1, 0.15) is 22.3 Å². The molecule has 6 nitrogen and oxygen atoms in total. The Balaban J connectivity index is 1.63. The molecule has 0 atom stereocenters. The van der Waals surface area contributed by atoms with Gasteiger partial charge in [-0.25, -0.2) is 9.59 Å². The molecule has 2 heterocycles. The Morgan fingerprint density at radius 1 is 0.500 bits per heavy atom. The van der Waals surface area contributed by atoms with Crippen molar-refractivity contribution < 1.29 is 9.59 Å². The van der Waals surface area contributed by atoms with Crippen LogP contribution < -0.4 is 10.6 Å². The molecule has 0 aromatic heterocycles. The second kappa shape index (κ2) is 8.57. The highest BCUT2D eigenvalue weighted by molar-refractivity contribution is 5.89. The van der Waals surface area contributed by atoms with Gasteiger partial charge in [0.15, 0.2) is 11.3 Å². The molecular formula is C30H26N4O2. The first-order valence-electron chi connectivity index (χ1n) is 12.0. The minimum atomic E-state index is -1.20. The minimum Gasteiger partial charge on any atom is -0.307 e. The van der Waals surface area contributed by atoms with Gasteiger partial charge in [0.25, 0.3) is 0 Å². The van der Waals surface area contributed by atoms with E-state index in [1.54, 1.807) is 9.80 Å². The van der Waals surface area contributed by atoms with Crippen LogP contribution in [-0.2, 0) is 24.4 Å². The molecule has 0 spiro atoms. The number of benzene rings is 4. The zero-order chi connectivity index (χ0) is 24.6. The summed E-state index contributed by atoms with van der Waals surface area (Å²) in [4.78, 5) is 31.4. The summed E-state index contributed by atoms with van der Waals surface area (Å²) in [7, 11) is 0. The molecule has 0 unspecified atom stereocenters. The maximum atomic E-state index is 13.9. The van der Waals surface area contributed by atoms with Crippen molar-refractivity contribution in [2.24, 2.45) is 0 Å². The van der Waals surface area contributed by atoms with Gasteiger partial charge in [0.05, 0.1) is 13.1 Å². The second-order valence-corrected chi connectivity index (χ2v) is 9.16. The van der Waals surface area contributed by atoms with Crippen LogP contribution in [0.5, 0.6) is 0 Å². The first kappa shape index (κ1) is 21.9. The van der Waals surface area contributed by atoms with Crippen molar-refractivity contribution in [2.75, 3.05) is 0 Å². The zero-order valence-corrected chi connectivity index (χ0v) is 19.7. The molecule has 4 amide bonds. The number of carbonyl (C=O) groups is 2. The topological polar surface area (TPSA) is 64.7 Å². The van der Waals surface area contributed by atoms with E-state index in [1.807, 2.05) is 121 Å². The number of hydrogen-bond acceptors (Lipinski definition) is 2. The number of rotatable bonds is 6. The highest BCUT2D eigenvalue weighted by atomic mass is 16.2. The van der Waals surface area contributed by atoms with Gasteiger partial charge in [-0.05, 0) is 11.1 Å². The predicted octanol–water partition coefficient (Wildman–Crippen LogP) is 5.14. The van der Waals surface area contributed by atoms with Crippen molar-refractivity contribution >= 4 is 12.1 Å². The largest absolute Gasteiger partial charge is 0.322 e. The molecule has 2 fully saturated rings. The van der Waals surface area contributed by atoms with Crippen LogP contribution >= 0.6 is 0 Å². The number of fused-ring (bicyclic) bond motifs is 1. The molecular weight excluding hydrogens is 448 g/mol. The Hall–Kier alpha value is -4.58. The highest BCUT2D eigenvalue weighted by Crippen LogP contribution is 2.54. The van der Waals surface area contributed by atoms with Crippen LogP contribution in [-0.4, -0.2) is 21.9 Å². The minimum absolute atomic E-state index is 0.246. The first-order chi connectivity index (χ1) is 17.6. The van der Waals surface area contributed by atoms with Crippen molar-refractivity contribution in [1.29, 1.82) is 0 Å². The van der Waals surface area contributed by atoms with Crippen molar-refractivity contribution in [2.45, 2.75) is 24.4 Å². The molecule has 0 bridgehead atoms. The Bertz CT molecular complexity index is 1310. The highest BCUT2D eigenvalue weighted by Gasteiger charge is 2.73. The standard InChI is InChI=1S/C30H26N4O2/c35-27-31-29(25-17-9-3-10-18-25)30(26-19-11-4-12-20-26,33(27)21-23-13-5-1-6-14-23)34(28(36)32-29)22-24-15-7-2-8-16-24/h1-20H,21-22H2,(H,31,35)(H,32,36). The van der Waals surface area contributed by atoms with Gasteiger partial charge >= 0.3 is 12.1 Å². The summed E-state index contributed by atoms with van der Waals surface area (Å²) in [6, 6.07) is 38.8. The molecule has 0 saturated carbocycles. The number of hydrogen-bond donors (Lipinski definition) is 2. The van der Waals surface area contributed by atoms with E-state index in [0.29, 0.717) is 13.1 Å². The molecule has 4 aromatic carbocycles. The lowest BCUT2D eigenvalue weighted by molar-refractivity contribution is -0.0215. The smallest absolute Gasteiger partial charge is 0.307 e. The fourth-order valence-electron chi connectivity index (χ4n) is 5.64. The van der Waals surface area contributed by atoms with Crippen molar-refractivity contribution in [3.05, 3.63) is 144 Å². The van der Waals surface area contributed by atoms with Crippen LogP contribution in [0.25, 0.3) is 0 Å². The summed E-state index contributed by atoms with van der Waals surface area (Å²) in [6.07, 6.45) is 0. The van der Waals surface area contributed by atoms with Crippen molar-refractivity contribution in [3.8, 4) is 0 Å². The van der Waals surface area contributed by atoms with Crippen LogP contribution in [0.15, 0.2) is 121 Å². The Labute approximate surface area is 210 Å². The summed E-state index contributed by atoms with van der Waals surface area (Å²) < 4.78 is 0. The Morgan fingerprint density at radius 3 is 1.28 bits per heavy atom. The van der Waals surface area contributed by atoms with Crippen molar-refractivity contribution in [3.63, 3.8) is 0 Å². The molecule has 6 rings (SSSR count). The fourth-order valence-corrected chi connectivity index (χ4v) is 5.64. The molecule has 0 aliphatic carbocycles. The maximum Gasteiger partial charge on any atom is 0.322 e. The number of urea groups is 2. The van der Waals surface area contributed by atoms with Gasteiger partial charge in [-0.3, -0.25) is 9.80 Å². The van der Waals surface area contributed by atoms with Gasteiger partial charge in [0, 0.05) is 11.1 Å². The van der Waals surface area contributed by atoms with Gasteiger partial charge in [0.1, 0.15) is 0 Å². The van der Waals surface area contributed by atoms with Gasteiger partial charge in [0.2, 0.25) is 0 Å². The lowest BCUT2D eigenvalue weighted by Crippen LogP contribution is -2.62. The Morgan fingerprint density at radius 2 is 0.861 bits per heavy atom.